The number of benzene rings is 2. The first kappa shape index (κ1) is 22.1. The number of aryl methyl sites for hydroxylation is 1. The van der Waals surface area contributed by atoms with Gasteiger partial charge in [0.15, 0.2) is 11.5 Å². The number of ether oxygens (including phenoxy) is 3. The molecule has 0 radical (unpaired) electrons. The van der Waals surface area contributed by atoms with Crippen molar-refractivity contribution in [2.45, 2.75) is 6.67 Å². The number of hydrogen-bond donors (Lipinski definition) is 0. The molecule has 4 aromatic rings. The Labute approximate surface area is 197 Å². The smallest absolute Gasteiger partial charge is 0.292 e. The van der Waals surface area contributed by atoms with Gasteiger partial charge >= 0.3 is 0 Å². The number of anilines is 1. The van der Waals surface area contributed by atoms with Gasteiger partial charge in [0, 0.05) is 50.1 Å². The second kappa shape index (κ2) is 8.90. The molecule has 178 valence electrons. The Hall–Kier alpha value is -3.72. The van der Waals surface area contributed by atoms with Gasteiger partial charge in [-0.3, -0.25) is 9.69 Å². The highest BCUT2D eigenvalue weighted by Crippen LogP contribution is 2.36. The second-order valence-corrected chi connectivity index (χ2v) is 8.41. The molecule has 0 unspecified atom stereocenters. The van der Waals surface area contributed by atoms with Crippen molar-refractivity contribution in [3.05, 3.63) is 52.9 Å². The van der Waals surface area contributed by atoms with E-state index in [2.05, 4.69) is 21.0 Å². The highest BCUT2D eigenvalue weighted by Gasteiger charge is 2.22. The molecule has 0 saturated carbocycles. The summed E-state index contributed by atoms with van der Waals surface area (Å²) in [5, 5.41) is 6.23. The number of fused-ring (bicyclic) bond motifs is 3. The van der Waals surface area contributed by atoms with Gasteiger partial charge in [-0.1, -0.05) is 12.1 Å². The van der Waals surface area contributed by atoms with E-state index in [0.29, 0.717) is 23.7 Å². The Balaban J connectivity index is 1.41. The second-order valence-electron chi connectivity index (χ2n) is 8.41. The predicted molar refractivity (Wildman–Crippen MR) is 132 cm³/mol. The lowest BCUT2D eigenvalue weighted by Gasteiger charge is -2.36. The van der Waals surface area contributed by atoms with Gasteiger partial charge < -0.3 is 23.7 Å². The summed E-state index contributed by atoms with van der Waals surface area (Å²) in [4.78, 5) is 18.0. The molecule has 1 fully saturated rings. The molecule has 1 saturated heterocycles. The van der Waals surface area contributed by atoms with Crippen LogP contribution in [-0.2, 0) is 13.7 Å². The van der Waals surface area contributed by atoms with Crippen LogP contribution in [0.1, 0.15) is 0 Å². The first-order chi connectivity index (χ1) is 16.5. The molecule has 34 heavy (non-hydrogen) atoms. The number of aromatic nitrogens is 3. The van der Waals surface area contributed by atoms with Gasteiger partial charge in [0.25, 0.3) is 5.56 Å². The van der Waals surface area contributed by atoms with Crippen molar-refractivity contribution in [2.75, 3.05) is 52.4 Å². The summed E-state index contributed by atoms with van der Waals surface area (Å²) in [5.41, 5.74) is 2.51. The summed E-state index contributed by atoms with van der Waals surface area (Å²) in [6.07, 6.45) is 1.77. The molecule has 2 aromatic carbocycles. The maximum Gasteiger partial charge on any atom is 0.292 e. The fraction of sp³-hybridized carbons (Fsp3) is 0.360. The molecule has 1 aliphatic rings. The summed E-state index contributed by atoms with van der Waals surface area (Å²) in [6.45, 7) is 3.81. The first-order valence-electron chi connectivity index (χ1n) is 11.3. The van der Waals surface area contributed by atoms with Crippen molar-refractivity contribution >= 4 is 27.5 Å². The van der Waals surface area contributed by atoms with Crippen LogP contribution in [0.25, 0.3) is 21.8 Å². The average Bonchev–Trinajstić information content (AvgIpc) is 3.16. The predicted octanol–water partition coefficient (Wildman–Crippen LogP) is 2.69. The highest BCUT2D eigenvalue weighted by atomic mass is 16.5. The molecule has 9 heteroatoms. The Morgan fingerprint density at radius 2 is 1.56 bits per heavy atom. The third-order valence-corrected chi connectivity index (χ3v) is 6.64. The van der Waals surface area contributed by atoms with E-state index < -0.39 is 0 Å². The lowest BCUT2D eigenvalue weighted by molar-refractivity contribution is 0.191. The van der Waals surface area contributed by atoms with E-state index in [1.165, 1.54) is 0 Å². The quantitative estimate of drug-likeness (QED) is 0.435. The number of hydrogen-bond acceptors (Lipinski definition) is 7. The van der Waals surface area contributed by atoms with E-state index in [9.17, 15) is 4.79 Å². The fourth-order valence-corrected chi connectivity index (χ4v) is 4.79. The van der Waals surface area contributed by atoms with E-state index in [1.54, 1.807) is 32.2 Å². The Kier molecular flexibility index (Phi) is 5.79. The van der Waals surface area contributed by atoms with E-state index in [4.69, 9.17) is 14.2 Å². The topological polar surface area (TPSA) is 74.0 Å². The van der Waals surface area contributed by atoms with Crippen molar-refractivity contribution in [1.82, 2.24) is 19.2 Å². The third kappa shape index (κ3) is 3.62. The van der Waals surface area contributed by atoms with Crippen LogP contribution in [0.15, 0.2) is 47.4 Å². The van der Waals surface area contributed by atoms with Crippen LogP contribution in [0, 0.1) is 0 Å². The fourth-order valence-electron chi connectivity index (χ4n) is 4.79. The molecule has 0 N–H and O–H groups in total. The normalized spacial score (nSPS) is 14.6. The SMILES string of the molecule is COc1cc2c3cnn(CN4CCN(c5ccccc5OC)CC4)c(=O)c3n(C)c2cc1OC. The molecule has 3 heterocycles. The average molecular weight is 464 g/mol. The van der Waals surface area contributed by atoms with Crippen molar-refractivity contribution in [3.63, 3.8) is 0 Å². The molecule has 9 nitrogen and oxygen atoms in total. The zero-order valence-corrected chi connectivity index (χ0v) is 19.9. The molecule has 0 aliphatic carbocycles. The van der Waals surface area contributed by atoms with E-state index in [-0.39, 0.29) is 5.56 Å². The van der Waals surface area contributed by atoms with Crippen molar-refractivity contribution < 1.29 is 14.2 Å². The number of rotatable bonds is 6. The number of piperazine rings is 1. The zero-order valence-electron chi connectivity index (χ0n) is 19.9. The zero-order chi connectivity index (χ0) is 23.8. The largest absolute Gasteiger partial charge is 0.495 e. The van der Waals surface area contributed by atoms with Crippen LogP contribution in [0.4, 0.5) is 5.69 Å². The van der Waals surface area contributed by atoms with Crippen molar-refractivity contribution in [3.8, 4) is 17.2 Å². The molecule has 0 amide bonds. The minimum absolute atomic E-state index is 0.110. The van der Waals surface area contributed by atoms with Crippen LogP contribution in [0.5, 0.6) is 17.2 Å². The lowest BCUT2D eigenvalue weighted by atomic mass is 10.2. The molecule has 1 aliphatic heterocycles. The summed E-state index contributed by atoms with van der Waals surface area (Å²) in [5.74, 6) is 2.13. The summed E-state index contributed by atoms with van der Waals surface area (Å²) < 4.78 is 19.9. The molecule has 0 bridgehead atoms. The van der Waals surface area contributed by atoms with Gasteiger partial charge in [0.05, 0.1) is 45.4 Å². The van der Waals surface area contributed by atoms with Crippen molar-refractivity contribution in [1.29, 1.82) is 0 Å². The van der Waals surface area contributed by atoms with Gasteiger partial charge in [0.1, 0.15) is 11.3 Å². The van der Waals surface area contributed by atoms with Crippen LogP contribution in [-0.4, -0.2) is 66.8 Å². The summed E-state index contributed by atoms with van der Waals surface area (Å²) in [6, 6.07) is 11.9. The lowest BCUT2D eigenvalue weighted by Crippen LogP contribution is -2.48. The summed E-state index contributed by atoms with van der Waals surface area (Å²) in [7, 11) is 6.80. The molecular formula is C25H29N5O4. The van der Waals surface area contributed by atoms with E-state index in [1.807, 2.05) is 41.9 Å². The van der Waals surface area contributed by atoms with Crippen molar-refractivity contribution in [2.24, 2.45) is 7.05 Å². The van der Waals surface area contributed by atoms with Gasteiger partial charge in [-0.2, -0.15) is 5.10 Å². The van der Waals surface area contributed by atoms with Crippen LogP contribution in [0.2, 0.25) is 0 Å². The molecule has 2 aromatic heterocycles. The van der Waals surface area contributed by atoms with Gasteiger partial charge in [-0.05, 0) is 18.2 Å². The maximum absolute atomic E-state index is 13.4. The molecule has 0 spiro atoms. The standard InChI is InChI=1S/C25H29N5O4/c1-27-20-14-23(34-4)22(33-3)13-17(20)18-15-26-30(25(31)24(18)27)16-28-9-11-29(12-10-28)19-7-5-6-8-21(19)32-2/h5-8,13-15H,9-12,16H2,1-4H3. The van der Waals surface area contributed by atoms with Crippen LogP contribution >= 0.6 is 0 Å². The van der Waals surface area contributed by atoms with Gasteiger partial charge in [-0.25, -0.2) is 4.68 Å². The van der Waals surface area contributed by atoms with Crippen LogP contribution in [0.3, 0.4) is 0 Å². The minimum Gasteiger partial charge on any atom is -0.495 e. The van der Waals surface area contributed by atoms with Gasteiger partial charge in [0.2, 0.25) is 0 Å². The number of nitrogens with zero attached hydrogens (tertiary/aromatic N) is 5. The molecular weight excluding hydrogens is 434 g/mol. The van der Waals surface area contributed by atoms with E-state index >= 15 is 0 Å². The Morgan fingerprint density at radius 1 is 0.882 bits per heavy atom. The maximum atomic E-state index is 13.4. The Morgan fingerprint density at radius 3 is 2.26 bits per heavy atom. The molecule has 0 atom stereocenters. The first-order valence-corrected chi connectivity index (χ1v) is 11.3. The van der Waals surface area contributed by atoms with Gasteiger partial charge in [-0.15, -0.1) is 0 Å². The number of para-hydroxylation sites is 2. The van der Waals surface area contributed by atoms with E-state index in [0.717, 1.165) is 53.9 Å². The number of methoxy groups -OCH3 is 3. The highest BCUT2D eigenvalue weighted by molar-refractivity contribution is 6.08. The monoisotopic (exact) mass is 463 g/mol. The minimum atomic E-state index is -0.110. The van der Waals surface area contributed by atoms with Crippen LogP contribution < -0.4 is 24.7 Å². The Bertz CT molecular complexity index is 1400. The molecule has 5 rings (SSSR count). The third-order valence-electron chi connectivity index (χ3n) is 6.64. The summed E-state index contributed by atoms with van der Waals surface area (Å²) >= 11 is 0.